The lowest BCUT2D eigenvalue weighted by molar-refractivity contribution is -0.120. The Morgan fingerprint density at radius 2 is 2.00 bits per heavy atom. The summed E-state index contributed by atoms with van der Waals surface area (Å²) in [6.07, 6.45) is -2.86. The van der Waals surface area contributed by atoms with Crippen LogP contribution in [-0.2, 0) is 0 Å². The van der Waals surface area contributed by atoms with Gasteiger partial charge in [0.25, 0.3) is 0 Å². The Labute approximate surface area is 101 Å². The van der Waals surface area contributed by atoms with Gasteiger partial charge < -0.3 is 4.90 Å². The monoisotopic (exact) mass is 261 g/mol. The highest BCUT2D eigenvalue weighted by Crippen LogP contribution is 2.36. The number of halogens is 4. The van der Waals surface area contributed by atoms with Crippen LogP contribution in [0.3, 0.4) is 0 Å². The van der Waals surface area contributed by atoms with Gasteiger partial charge in [-0.25, -0.2) is 4.39 Å². The summed E-state index contributed by atoms with van der Waals surface area (Å²) in [7, 11) is 0. The van der Waals surface area contributed by atoms with E-state index in [0.717, 1.165) is 11.0 Å². The predicted molar refractivity (Wildman–Crippen MR) is 58.2 cm³/mol. The summed E-state index contributed by atoms with van der Waals surface area (Å²) in [5.41, 5.74) is -0.293. The number of aldehydes is 1. The van der Waals surface area contributed by atoms with Gasteiger partial charge in [0.1, 0.15) is 12.4 Å². The summed E-state index contributed by atoms with van der Waals surface area (Å²) in [5.74, 6) is -0.796. The fourth-order valence-electron chi connectivity index (χ4n) is 1.88. The summed E-state index contributed by atoms with van der Waals surface area (Å²) < 4.78 is 50.9. The number of carbonyl (C=O) groups is 1. The molecule has 1 aromatic carbocycles. The lowest BCUT2D eigenvalue weighted by atomic mass is 10.1. The van der Waals surface area contributed by atoms with Crippen molar-refractivity contribution in [2.45, 2.75) is 25.1 Å². The van der Waals surface area contributed by atoms with Crippen molar-refractivity contribution in [3.63, 3.8) is 0 Å². The molecule has 18 heavy (non-hydrogen) atoms. The molecule has 0 spiro atoms. The molecule has 0 radical (unpaired) electrons. The second-order valence-electron chi connectivity index (χ2n) is 4.26. The Morgan fingerprint density at radius 3 is 2.50 bits per heavy atom. The molecule has 0 aromatic heterocycles. The van der Waals surface area contributed by atoms with Crippen LogP contribution in [0.2, 0.25) is 0 Å². The Balaban J connectivity index is 2.36. The number of hydrogen-bond donors (Lipinski definition) is 0. The number of hydrogen-bond acceptors (Lipinski definition) is 2. The number of alkyl halides is 3. The van der Waals surface area contributed by atoms with Crippen LogP contribution >= 0.6 is 0 Å². The third-order valence-corrected chi connectivity index (χ3v) is 2.79. The maximum Gasteiger partial charge on any atom is 0.405 e. The molecule has 98 valence electrons. The number of nitrogens with zero attached hydrogens (tertiary/aromatic N) is 1. The number of carbonyl (C=O) groups excluding carboxylic acids is 1. The van der Waals surface area contributed by atoms with Crippen LogP contribution in [0.5, 0.6) is 0 Å². The van der Waals surface area contributed by atoms with Crippen LogP contribution in [0.1, 0.15) is 23.2 Å². The Kier molecular flexibility index (Phi) is 3.28. The zero-order valence-electron chi connectivity index (χ0n) is 9.38. The van der Waals surface area contributed by atoms with Crippen molar-refractivity contribution in [3.05, 3.63) is 29.6 Å². The minimum Gasteiger partial charge on any atom is -0.359 e. The van der Waals surface area contributed by atoms with E-state index in [-0.39, 0.29) is 23.6 Å². The highest BCUT2D eigenvalue weighted by molar-refractivity contribution is 5.85. The molecule has 1 aliphatic carbocycles. The quantitative estimate of drug-likeness (QED) is 0.613. The van der Waals surface area contributed by atoms with Crippen molar-refractivity contribution >= 4 is 12.0 Å². The van der Waals surface area contributed by atoms with Gasteiger partial charge in [-0.05, 0) is 25.0 Å². The Morgan fingerprint density at radius 1 is 1.33 bits per heavy atom. The summed E-state index contributed by atoms with van der Waals surface area (Å²) >= 11 is 0. The first kappa shape index (κ1) is 12.9. The van der Waals surface area contributed by atoms with Crippen molar-refractivity contribution < 1.29 is 22.4 Å². The van der Waals surface area contributed by atoms with Crippen molar-refractivity contribution in [1.82, 2.24) is 0 Å². The van der Waals surface area contributed by atoms with Crippen LogP contribution in [0, 0.1) is 5.82 Å². The lowest BCUT2D eigenvalue weighted by Gasteiger charge is -2.27. The van der Waals surface area contributed by atoms with Crippen molar-refractivity contribution in [1.29, 1.82) is 0 Å². The number of anilines is 1. The highest BCUT2D eigenvalue weighted by atomic mass is 19.4. The highest BCUT2D eigenvalue weighted by Gasteiger charge is 2.39. The third-order valence-electron chi connectivity index (χ3n) is 2.79. The second kappa shape index (κ2) is 4.59. The normalized spacial score (nSPS) is 15.6. The van der Waals surface area contributed by atoms with Crippen molar-refractivity contribution in [2.75, 3.05) is 11.4 Å². The van der Waals surface area contributed by atoms with E-state index in [0.29, 0.717) is 12.8 Å². The molecule has 0 aliphatic heterocycles. The molecular formula is C12H11F4NO. The average Bonchev–Trinajstić information content (AvgIpc) is 3.08. The van der Waals surface area contributed by atoms with Crippen molar-refractivity contribution in [2.24, 2.45) is 0 Å². The van der Waals surface area contributed by atoms with Gasteiger partial charge >= 0.3 is 6.18 Å². The molecule has 2 nitrogen and oxygen atoms in total. The topological polar surface area (TPSA) is 20.3 Å². The smallest absolute Gasteiger partial charge is 0.359 e. The van der Waals surface area contributed by atoms with Gasteiger partial charge in [0.05, 0.1) is 11.3 Å². The largest absolute Gasteiger partial charge is 0.405 e. The van der Waals surface area contributed by atoms with Crippen LogP contribution < -0.4 is 4.90 Å². The van der Waals surface area contributed by atoms with Crippen LogP contribution in [-0.4, -0.2) is 25.0 Å². The first-order valence-corrected chi connectivity index (χ1v) is 5.49. The van der Waals surface area contributed by atoms with E-state index in [4.69, 9.17) is 0 Å². The van der Waals surface area contributed by atoms with Gasteiger partial charge in [0.2, 0.25) is 0 Å². The van der Waals surface area contributed by atoms with Gasteiger partial charge in [-0.3, -0.25) is 4.79 Å². The summed E-state index contributed by atoms with van der Waals surface area (Å²) in [6, 6.07) is 3.46. The maximum atomic E-state index is 13.4. The molecule has 0 N–H and O–H groups in total. The van der Waals surface area contributed by atoms with Crippen molar-refractivity contribution in [3.8, 4) is 0 Å². The molecule has 0 atom stereocenters. The zero-order valence-corrected chi connectivity index (χ0v) is 9.38. The SMILES string of the molecule is O=Cc1c(F)cccc1N(CC(F)(F)F)C1CC1. The number of rotatable bonds is 4. The summed E-state index contributed by atoms with van der Waals surface area (Å²) in [6.45, 7) is -1.16. The predicted octanol–water partition coefficient (Wildman–Crippen LogP) is 3.17. The van der Waals surface area contributed by atoms with Gasteiger partial charge in [0, 0.05) is 6.04 Å². The first-order chi connectivity index (χ1) is 8.42. The first-order valence-electron chi connectivity index (χ1n) is 5.49. The second-order valence-corrected chi connectivity index (χ2v) is 4.26. The molecule has 0 unspecified atom stereocenters. The van der Waals surface area contributed by atoms with E-state index < -0.39 is 18.5 Å². The maximum absolute atomic E-state index is 13.4. The Bertz CT molecular complexity index is 454. The van der Waals surface area contributed by atoms with E-state index in [1.807, 2.05) is 0 Å². The summed E-state index contributed by atoms with van der Waals surface area (Å²) in [4.78, 5) is 11.9. The molecule has 1 fully saturated rings. The minimum atomic E-state index is -4.38. The Hall–Kier alpha value is -1.59. The molecule has 6 heteroatoms. The zero-order chi connectivity index (χ0) is 13.3. The fraction of sp³-hybridized carbons (Fsp3) is 0.417. The summed E-state index contributed by atoms with van der Waals surface area (Å²) in [5, 5.41) is 0. The lowest BCUT2D eigenvalue weighted by Crippen LogP contribution is -2.36. The van der Waals surface area contributed by atoms with E-state index in [2.05, 4.69) is 0 Å². The molecule has 2 rings (SSSR count). The molecule has 1 aromatic rings. The molecule has 1 aliphatic rings. The molecule has 0 amide bonds. The van der Waals surface area contributed by atoms with Gasteiger partial charge in [-0.2, -0.15) is 13.2 Å². The molecule has 0 heterocycles. The average molecular weight is 261 g/mol. The molecule has 1 saturated carbocycles. The van der Waals surface area contributed by atoms with Crippen LogP contribution in [0.15, 0.2) is 18.2 Å². The molecule has 0 saturated heterocycles. The fourth-order valence-corrected chi connectivity index (χ4v) is 1.88. The van der Waals surface area contributed by atoms with Gasteiger partial charge in [0.15, 0.2) is 6.29 Å². The van der Waals surface area contributed by atoms with E-state index in [1.54, 1.807) is 0 Å². The molecular weight excluding hydrogens is 250 g/mol. The minimum absolute atomic E-state index is 0.0184. The van der Waals surface area contributed by atoms with Gasteiger partial charge in [-0.1, -0.05) is 6.07 Å². The number of benzene rings is 1. The molecule has 0 bridgehead atoms. The van der Waals surface area contributed by atoms with E-state index >= 15 is 0 Å². The third kappa shape index (κ3) is 2.80. The van der Waals surface area contributed by atoms with E-state index in [1.165, 1.54) is 12.1 Å². The van der Waals surface area contributed by atoms with E-state index in [9.17, 15) is 22.4 Å². The van der Waals surface area contributed by atoms with Gasteiger partial charge in [-0.15, -0.1) is 0 Å². The standard InChI is InChI=1S/C12H11F4NO/c13-10-2-1-3-11(9(10)6-18)17(8-4-5-8)7-12(14,15)16/h1-3,6,8H,4-5,7H2. The van der Waals surface area contributed by atoms with Crippen LogP contribution in [0.4, 0.5) is 23.2 Å². The van der Waals surface area contributed by atoms with Crippen LogP contribution in [0.25, 0.3) is 0 Å².